The SMILES string of the molecule is CCNC(=NCc1ncc(C)s1)NCCCCC(C)(C)C. The van der Waals surface area contributed by atoms with Crippen LogP contribution in [0, 0.1) is 12.3 Å². The molecule has 0 aliphatic heterocycles. The van der Waals surface area contributed by atoms with Crippen LogP contribution in [0.4, 0.5) is 0 Å². The highest BCUT2D eigenvalue weighted by molar-refractivity contribution is 7.11. The number of unbranched alkanes of at least 4 members (excludes halogenated alkanes) is 1. The Balaban J connectivity index is 2.32. The molecule has 0 unspecified atom stereocenters. The molecule has 0 saturated carbocycles. The van der Waals surface area contributed by atoms with Gasteiger partial charge in [-0.25, -0.2) is 9.98 Å². The third-order valence-corrected chi connectivity index (χ3v) is 3.93. The summed E-state index contributed by atoms with van der Waals surface area (Å²) >= 11 is 1.71. The van der Waals surface area contributed by atoms with Crippen molar-refractivity contribution in [3.63, 3.8) is 0 Å². The molecule has 0 atom stereocenters. The topological polar surface area (TPSA) is 49.3 Å². The van der Waals surface area contributed by atoms with E-state index in [4.69, 9.17) is 0 Å². The maximum atomic E-state index is 4.59. The molecule has 5 heteroatoms. The minimum absolute atomic E-state index is 0.432. The minimum atomic E-state index is 0.432. The zero-order valence-electron chi connectivity index (χ0n) is 14.1. The van der Waals surface area contributed by atoms with Crippen molar-refractivity contribution in [1.29, 1.82) is 0 Å². The molecule has 0 radical (unpaired) electrons. The van der Waals surface area contributed by atoms with Gasteiger partial charge in [0, 0.05) is 24.2 Å². The summed E-state index contributed by atoms with van der Waals surface area (Å²) in [5, 5.41) is 7.75. The van der Waals surface area contributed by atoms with Gasteiger partial charge in [0.2, 0.25) is 0 Å². The van der Waals surface area contributed by atoms with Crippen LogP contribution in [-0.4, -0.2) is 24.0 Å². The van der Waals surface area contributed by atoms with E-state index in [2.05, 4.69) is 55.2 Å². The van der Waals surface area contributed by atoms with Gasteiger partial charge in [0.25, 0.3) is 0 Å². The van der Waals surface area contributed by atoms with Crippen molar-refractivity contribution in [2.75, 3.05) is 13.1 Å². The molecule has 1 rings (SSSR count). The first-order chi connectivity index (χ1) is 9.90. The number of aliphatic imine (C=N–C) groups is 1. The summed E-state index contributed by atoms with van der Waals surface area (Å²) in [4.78, 5) is 10.2. The molecule has 1 heterocycles. The maximum absolute atomic E-state index is 4.59. The van der Waals surface area contributed by atoms with E-state index < -0.39 is 0 Å². The fraction of sp³-hybridized carbons (Fsp3) is 0.750. The lowest BCUT2D eigenvalue weighted by atomic mass is 9.90. The van der Waals surface area contributed by atoms with Gasteiger partial charge in [-0.2, -0.15) is 0 Å². The second kappa shape index (κ2) is 9.03. The number of nitrogens with zero attached hydrogens (tertiary/aromatic N) is 2. The first-order valence-electron chi connectivity index (χ1n) is 7.84. The fourth-order valence-electron chi connectivity index (χ4n) is 1.95. The van der Waals surface area contributed by atoms with Crippen LogP contribution in [0.3, 0.4) is 0 Å². The van der Waals surface area contributed by atoms with E-state index in [1.165, 1.54) is 24.1 Å². The molecule has 0 aliphatic rings. The van der Waals surface area contributed by atoms with E-state index in [1.807, 2.05) is 6.20 Å². The largest absolute Gasteiger partial charge is 0.357 e. The van der Waals surface area contributed by atoms with Crippen molar-refractivity contribution in [2.45, 2.75) is 60.4 Å². The first kappa shape index (κ1) is 18.0. The van der Waals surface area contributed by atoms with Gasteiger partial charge in [0.15, 0.2) is 5.96 Å². The molecule has 2 N–H and O–H groups in total. The van der Waals surface area contributed by atoms with E-state index in [1.54, 1.807) is 11.3 Å². The number of aryl methyl sites for hydroxylation is 1. The lowest BCUT2D eigenvalue weighted by molar-refractivity contribution is 0.360. The van der Waals surface area contributed by atoms with Gasteiger partial charge in [0.05, 0.1) is 6.54 Å². The van der Waals surface area contributed by atoms with Crippen LogP contribution in [0.2, 0.25) is 0 Å². The van der Waals surface area contributed by atoms with Crippen LogP contribution in [0.1, 0.15) is 56.8 Å². The summed E-state index contributed by atoms with van der Waals surface area (Å²) < 4.78 is 0. The summed E-state index contributed by atoms with van der Waals surface area (Å²) in [6, 6.07) is 0. The van der Waals surface area contributed by atoms with Crippen LogP contribution < -0.4 is 10.6 Å². The average Bonchev–Trinajstić information content (AvgIpc) is 2.80. The van der Waals surface area contributed by atoms with Crippen LogP contribution in [-0.2, 0) is 6.54 Å². The van der Waals surface area contributed by atoms with Crippen LogP contribution in [0.25, 0.3) is 0 Å². The van der Waals surface area contributed by atoms with Gasteiger partial charge in [-0.15, -0.1) is 11.3 Å². The number of nitrogens with one attached hydrogen (secondary N) is 2. The number of rotatable bonds is 7. The zero-order valence-corrected chi connectivity index (χ0v) is 14.9. The van der Waals surface area contributed by atoms with E-state index in [9.17, 15) is 0 Å². The van der Waals surface area contributed by atoms with Crippen molar-refractivity contribution in [3.8, 4) is 0 Å². The molecule has 0 saturated heterocycles. The molecule has 0 amide bonds. The standard InChI is InChI=1S/C16H30N4S/c1-6-17-15(18-10-8-7-9-16(3,4)5)20-12-14-19-11-13(2)21-14/h11H,6-10,12H2,1-5H3,(H2,17,18,20). The molecule has 0 aromatic carbocycles. The summed E-state index contributed by atoms with van der Waals surface area (Å²) in [6.07, 6.45) is 5.60. The highest BCUT2D eigenvalue weighted by Crippen LogP contribution is 2.21. The molecule has 1 aromatic heterocycles. The Morgan fingerprint density at radius 2 is 2.05 bits per heavy atom. The monoisotopic (exact) mass is 310 g/mol. The molecular weight excluding hydrogens is 280 g/mol. The molecule has 120 valence electrons. The van der Waals surface area contributed by atoms with Gasteiger partial charge < -0.3 is 10.6 Å². The number of thiazole rings is 1. The molecule has 0 spiro atoms. The summed E-state index contributed by atoms with van der Waals surface area (Å²) in [7, 11) is 0. The molecular formula is C16H30N4S. The number of aromatic nitrogens is 1. The van der Waals surface area contributed by atoms with Crippen LogP contribution in [0.15, 0.2) is 11.2 Å². The number of guanidine groups is 1. The Bertz CT molecular complexity index is 432. The van der Waals surface area contributed by atoms with Gasteiger partial charge in [-0.05, 0) is 32.1 Å². The van der Waals surface area contributed by atoms with E-state index in [-0.39, 0.29) is 0 Å². The van der Waals surface area contributed by atoms with Crippen molar-refractivity contribution in [1.82, 2.24) is 15.6 Å². The van der Waals surface area contributed by atoms with Crippen LogP contribution >= 0.6 is 11.3 Å². The molecule has 21 heavy (non-hydrogen) atoms. The Hall–Kier alpha value is -1.10. The Kier molecular flexibility index (Phi) is 7.72. The van der Waals surface area contributed by atoms with E-state index in [0.29, 0.717) is 12.0 Å². The number of hydrogen-bond donors (Lipinski definition) is 2. The van der Waals surface area contributed by atoms with Gasteiger partial charge in [-0.3, -0.25) is 0 Å². The lowest BCUT2D eigenvalue weighted by Gasteiger charge is -2.18. The quantitative estimate of drug-likeness (QED) is 0.458. The first-order valence-corrected chi connectivity index (χ1v) is 8.66. The van der Waals surface area contributed by atoms with Gasteiger partial charge in [0.1, 0.15) is 5.01 Å². The van der Waals surface area contributed by atoms with Crippen molar-refractivity contribution < 1.29 is 0 Å². The van der Waals surface area contributed by atoms with Crippen molar-refractivity contribution in [2.24, 2.45) is 10.4 Å². The van der Waals surface area contributed by atoms with Crippen molar-refractivity contribution >= 4 is 17.3 Å². The second-order valence-electron chi connectivity index (χ2n) is 6.50. The predicted octanol–water partition coefficient (Wildman–Crippen LogP) is 3.72. The average molecular weight is 311 g/mol. The lowest BCUT2D eigenvalue weighted by Crippen LogP contribution is -2.37. The third-order valence-electron chi connectivity index (χ3n) is 3.03. The minimum Gasteiger partial charge on any atom is -0.357 e. The summed E-state index contributed by atoms with van der Waals surface area (Å²) in [6.45, 7) is 13.5. The Labute approximate surface area is 133 Å². The smallest absolute Gasteiger partial charge is 0.191 e. The molecule has 0 aliphatic carbocycles. The predicted molar refractivity (Wildman–Crippen MR) is 93.0 cm³/mol. The number of hydrogen-bond acceptors (Lipinski definition) is 3. The molecule has 1 aromatic rings. The van der Waals surface area contributed by atoms with Gasteiger partial charge >= 0.3 is 0 Å². The van der Waals surface area contributed by atoms with E-state index in [0.717, 1.165) is 24.1 Å². The van der Waals surface area contributed by atoms with Crippen molar-refractivity contribution in [3.05, 3.63) is 16.1 Å². The van der Waals surface area contributed by atoms with E-state index >= 15 is 0 Å². The summed E-state index contributed by atoms with van der Waals surface area (Å²) in [5.41, 5.74) is 0.432. The molecule has 0 bridgehead atoms. The maximum Gasteiger partial charge on any atom is 0.191 e. The molecule has 0 fully saturated rings. The normalized spacial score (nSPS) is 12.5. The zero-order chi connectivity index (χ0) is 15.7. The second-order valence-corrected chi connectivity index (χ2v) is 7.82. The highest BCUT2D eigenvalue weighted by Gasteiger charge is 2.08. The molecule has 4 nitrogen and oxygen atoms in total. The summed E-state index contributed by atoms with van der Waals surface area (Å²) in [5.74, 6) is 0.890. The van der Waals surface area contributed by atoms with Crippen LogP contribution in [0.5, 0.6) is 0 Å². The van der Waals surface area contributed by atoms with Gasteiger partial charge in [-0.1, -0.05) is 27.2 Å². The Morgan fingerprint density at radius 1 is 1.29 bits per heavy atom. The Morgan fingerprint density at radius 3 is 2.62 bits per heavy atom. The highest BCUT2D eigenvalue weighted by atomic mass is 32.1. The third kappa shape index (κ3) is 8.71. The fourth-order valence-corrected chi connectivity index (χ4v) is 2.66.